The predicted molar refractivity (Wildman–Crippen MR) is 97.5 cm³/mol. The maximum atomic E-state index is 12.4. The van der Waals surface area contributed by atoms with E-state index >= 15 is 0 Å². The van der Waals surface area contributed by atoms with Gasteiger partial charge < -0.3 is 10.6 Å². The van der Waals surface area contributed by atoms with Gasteiger partial charge in [0.25, 0.3) is 0 Å². The quantitative estimate of drug-likeness (QED) is 0.731. The van der Waals surface area contributed by atoms with Gasteiger partial charge in [-0.2, -0.15) is 5.10 Å². The molecule has 0 aliphatic carbocycles. The highest BCUT2D eigenvalue weighted by Gasteiger charge is 2.16. The van der Waals surface area contributed by atoms with Crippen molar-refractivity contribution in [2.45, 2.75) is 19.5 Å². The van der Waals surface area contributed by atoms with Crippen LogP contribution in [0.5, 0.6) is 0 Å². The number of hydrogen-bond donors (Lipinski definition) is 2. The van der Waals surface area contributed by atoms with Crippen molar-refractivity contribution in [1.29, 1.82) is 0 Å². The molecule has 0 spiro atoms. The van der Waals surface area contributed by atoms with E-state index in [2.05, 4.69) is 20.7 Å². The highest BCUT2D eigenvalue weighted by Crippen LogP contribution is 2.23. The number of benzene rings is 2. The average Bonchev–Trinajstić information content (AvgIpc) is 3.11. The maximum absolute atomic E-state index is 12.4. The standard InChI is InChI=1S/C18H18ClN5O/c1-13-7-8-16(15(19)9-13)22-18(25)23-17(10-24-12-20-11-21-24)14-5-3-2-4-6-14/h2-9,11-12,17H,10H2,1H3,(H2,22,23,25)/t17-/m1/s1. The molecule has 2 N–H and O–H groups in total. The van der Waals surface area contributed by atoms with Gasteiger partial charge >= 0.3 is 6.03 Å². The first kappa shape index (κ1) is 17.0. The zero-order chi connectivity index (χ0) is 17.6. The summed E-state index contributed by atoms with van der Waals surface area (Å²) < 4.78 is 1.68. The Balaban J connectivity index is 1.74. The minimum atomic E-state index is -0.334. The first-order valence-corrected chi connectivity index (χ1v) is 8.20. The molecular formula is C18H18ClN5O. The smallest absolute Gasteiger partial charge is 0.319 e. The number of carbonyl (C=O) groups excluding carboxylic acids is 1. The van der Waals surface area contributed by atoms with Crippen LogP contribution in [0.4, 0.5) is 10.5 Å². The minimum absolute atomic E-state index is 0.257. The van der Waals surface area contributed by atoms with Gasteiger partial charge in [-0.1, -0.05) is 48.0 Å². The molecular weight excluding hydrogens is 338 g/mol. The number of anilines is 1. The molecule has 7 heteroatoms. The van der Waals surface area contributed by atoms with Gasteiger partial charge in [-0.05, 0) is 30.2 Å². The fraction of sp³-hybridized carbons (Fsp3) is 0.167. The number of urea groups is 1. The molecule has 0 unspecified atom stereocenters. The molecule has 1 atom stereocenters. The Morgan fingerprint density at radius 3 is 2.72 bits per heavy atom. The van der Waals surface area contributed by atoms with Crippen LogP contribution in [0.15, 0.2) is 61.2 Å². The van der Waals surface area contributed by atoms with E-state index in [1.807, 2.05) is 43.3 Å². The number of carbonyl (C=O) groups is 1. The van der Waals surface area contributed by atoms with Crippen molar-refractivity contribution in [3.63, 3.8) is 0 Å². The topological polar surface area (TPSA) is 71.8 Å². The van der Waals surface area contributed by atoms with Crippen molar-refractivity contribution < 1.29 is 4.79 Å². The van der Waals surface area contributed by atoms with Gasteiger partial charge in [0, 0.05) is 0 Å². The number of rotatable bonds is 5. The largest absolute Gasteiger partial charge is 0.329 e. The van der Waals surface area contributed by atoms with Gasteiger partial charge in [0.1, 0.15) is 12.7 Å². The van der Waals surface area contributed by atoms with Gasteiger partial charge in [0.2, 0.25) is 0 Å². The molecule has 0 bridgehead atoms. The monoisotopic (exact) mass is 355 g/mol. The summed E-state index contributed by atoms with van der Waals surface area (Å²) >= 11 is 6.18. The lowest BCUT2D eigenvalue weighted by molar-refractivity contribution is 0.246. The first-order valence-electron chi connectivity index (χ1n) is 7.83. The minimum Gasteiger partial charge on any atom is -0.329 e. The average molecular weight is 356 g/mol. The van der Waals surface area contributed by atoms with Crippen LogP contribution in [0.2, 0.25) is 5.02 Å². The third-order valence-corrected chi connectivity index (χ3v) is 4.03. The second-order valence-corrected chi connectivity index (χ2v) is 6.07. The highest BCUT2D eigenvalue weighted by atomic mass is 35.5. The molecule has 1 aromatic heterocycles. The molecule has 3 aromatic rings. The molecule has 0 saturated carbocycles. The predicted octanol–water partition coefficient (Wildman–Crippen LogP) is 3.80. The molecule has 2 aromatic carbocycles. The zero-order valence-electron chi connectivity index (χ0n) is 13.7. The van der Waals surface area contributed by atoms with Gasteiger partial charge in [-0.15, -0.1) is 0 Å². The Bertz CT molecular complexity index is 836. The van der Waals surface area contributed by atoms with Crippen LogP contribution in [-0.4, -0.2) is 20.8 Å². The van der Waals surface area contributed by atoms with Crippen molar-refractivity contribution in [3.8, 4) is 0 Å². The number of halogens is 1. The molecule has 0 fully saturated rings. The molecule has 2 amide bonds. The SMILES string of the molecule is Cc1ccc(NC(=O)N[C@H](Cn2cncn2)c2ccccc2)c(Cl)c1. The van der Waals surface area contributed by atoms with Crippen LogP contribution >= 0.6 is 11.6 Å². The third kappa shape index (κ3) is 4.58. The molecule has 1 heterocycles. The summed E-state index contributed by atoms with van der Waals surface area (Å²) in [6, 6.07) is 14.6. The summed E-state index contributed by atoms with van der Waals surface area (Å²) in [5.41, 5.74) is 2.57. The molecule has 25 heavy (non-hydrogen) atoms. The van der Waals surface area contributed by atoms with Crippen molar-refractivity contribution in [1.82, 2.24) is 20.1 Å². The molecule has 3 rings (SSSR count). The lowest BCUT2D eigenvalue weighted by Crippen LogP contribution is -2.35. The van der Waals surface area contributed by atoms with Crippen molar-refractivity contribution in [2.24, 2.45) is 0 Å². The summed E-state index contributed by atoms with van der Waals surface area (Å²) in [6.07, 6.45) is 3.08. The van der Waals surface area contributed by atoms with Crippen LogP contribution in [-0.2, 0) is 6.54 Å². The van der Waals surface area contributed by atoms with E-state index in [4.69, 9.17) is 11.6 Å². The second-order valence-electron chi connectivity index (χ2n) is 5.66. The lowest BCUT2D eigenvalue weighted by Gasteiger charge is -2.20. The van der Waals surface area contributed by atoms with Crippen LogP contribution in [0.1, 0.15) is 17.2 Å². The van der Waals surface area contributed by atoms with Gasteiger partial charge in [-0.3, -0.25) is 4.68 Å². The number of hydrogen-bond acceptors (Lipinski definition) is 3. The molecule has 0 aliphatic heterocycles. The van der Waals surface area contributed by atoms with Crippen LogP contribution in [0.25, 0.3) is 0 Å². The summed E-state index contributed by atoms with van der Waals surface area (Å²) in [6.45, 7) is 2.42. The first-order chi connectivity index (χ1) is 12.1. The molecule has 0 radical (unpaired) electrons. The Hall–Kier alpha value is -2.86. The van der Waals surface area contributed by atoms with E-state index < -0.39 is 0 Å². The van der Waals surface area contributed by atoms with E-state index in [1.165, 1.54) is 6.33 Å². The second kappa shape index (κ2) is 7.81. The number of nitrogens with one attached hydrogen (secondary N) is 2. The number of aromatic nitrogens is 3. The normalized spacial score (nSPS) is 11.8. The summed E-state index contributed by atoms with van der Waals surface area (Å²) in [4.78, 5) is 16.4. The van der Waals surface area contributed by atoms with Crippen LogP contribution in [0, 0.1) is 6.92 Å². The Labute approximate surface area is 150 Å². The van der Waals surface area contributed by atoms with Crippen molar-refractivity contribution >= 4 is 23.3 Å². The summed E-state index contributed by atoms with van der Waals surface area (Å²) in [7, 11) is 0. The van der Waals surface area contributed by atoms with E-state index in [1.54, 1.807) is 23.1 Å². The highest BCUT2D eigenvalue weighted by molar-refractivity contribution is 6.33. The lowest BCUT2D eigenvalue weighted by atomic mass is 10.1. The van der Waals surface area contributed by atoms with E-state index in [9.17, 15) is 4.79 Å². The van der Waals surface area contributed by atoms with Crippen LogP contribution < -0.4 is 10.6 Å². The van der Waals surface area contributed by atoms with Gasteiger partial charge in [0.15, 0.2) is 0 Å². The molecule has 128 valence electrons. The van der Waals surface area contributed by atoms with Crippen molar-refractivity contribution in [3.05, 3.63) is 77.3 Å². The summed E-state index contributed by atoms with van der Waals surface area (Å²) in [5, 5.41) is 10.4. The molecule has 6 nitrogen and oxygen atoms in total. The van der Waals surface area contributed by atoms with E-state index in [0.29, 0.717) is 17.3 Å². The van der Waals surface area contributed by atoms with Crippen molar-refractivity contribution in [2.75, 3.05) is 5.32 Å². The fourth-order valence-corrected chi connectivity index (χ4v) is 2.75. The summed E-state index contributed by atoms with van der Waals surface area (Å²) in [5.74, 6) is 0. The van der Waals surface area contributed by atoms with E-state index in [-0.39, 0.29) is 12.1 Å². The maximum Gasteiger partial charge on any atom is 0.319 e. The Kier molecular flexibility index (Phi) is 5.30. The third-order valence-electron chi connectivity index (χ3n) is 3.72. The van der Waals surface area contributed by atoms with Gasteiger partial charge in [0.05, 0.1) is 23.3 Å². The fourth-order valence-electron chi connectivity index (χ4n) is 2.47. The Morgan fingerprint density at radius 2 is 2.04 bits per heavy atom. The number of nitrogens with zero attached hydrogens (tertiary/aromatic N) is 3. The molecule has 0 saturated heterocycles. The molecule has 0 aliphatic rings. The number of amides is 2. The zero-order valence-corrected chi connectivity index (χ0v) is 14.4. The Morgan fingerprint density at radius 1 is 1.24 bits per heavy atom. The van der Waals surface area contributed by atoms with Gasteiger partial charge in [-0.25, -0.2) is 9.78 Å². The van der Waals surface area contributed by atoms with Crippen LogP contribution in [0.3, 0.4) is 0 Å². The van der Waals surface area contributed by atoms with E-state index in [0.717, 1.165) is 11.1 Å². The number of aryl methyl sites for hydroxylation is 1.